The second-order valence-electron chi connectivity index (χ2n) is 10.6. The molecule has 0 saturated heterocycles. The number of hydrazine groups is 1. The maximum absolute atomic E-state index is 14.3. The monoisotopic (exact) mass is 675 g/mol. The minimum atomic E-state index is -5.65. The molecule has 1 N–H and O–H groups in total. The molecule has 1 amide bonds. The predicted molar refractivity (Wildman–Crippen MR) is 131 cm³/mol. The van der Waals surface area contributed by atoms with Gasteiger partial charge in [0, 0.05) is 18.9 Å². The number of rotatable bonds is 4. The zero-order chi connectivity index (χ0) is 32.7. The minimum absolute atomic E-state index is 0.299. The van der Waals surface area contributed by atoms with E-state index in [4.69, 9.17) is 27.9 Å². The van der Waals surface area contributed by atoms with Crippen LogP contribution in [0.25, 0.3) is 0 Å². The molecule has 4 rings (SSSR count). The Bertz CT molecular complexity index is 1410. The lowest BCUT2D eigenvalue weighted by atomic mass is 10.1. The predicted octanol–water partition coefficient (Wildman–Crippen LogP) is 7.74. The largest absolute Gasteiger partial charge is 0.451 e. The van der Waals surface area contributed by atoms with Gasteiger partial charge in [-0.1, -0.05) is 23.2 Å². The van der Waals surface area contributed by atoms with Gasteiger partial charge in [-0.3, -0.25) is 10.3 Å². The van der Waals surface area contributed by atoms with Crippen molar-refractivity contribution >= 4 is 46.5 Å². The standard InChI is InChI=1S/C23H18Cl2F11N5O2/c1-19(2,3)43-18(42)39-16-12-14(22(31,32)33)37-17(23(34,35)36)38-15(12)40(7-9-6-20(9,26)27)41(16)13-10(24)4-8(5-11(13)25)21(28,29)30/h4-5,9,15H,6-7H2,1-3H3,(H,39,42). The quantitative estimate of drug-likeness (QED) is 0.332. The van der Waals surface area contributed by atoms with Crippen molar-refractivity contribution in [2.45, 2.75) is 63.4 Å². The molecular weight excluding hydrogens is 658 g/mol. The van der Waals surface area contributed by atoms with E-state index in [-0.39, 0.29) is 0 Å². The van der Waals surface area contributed by atoms with Crippen LogP contribution in [0.2, 0.25) is 10.0 Å². The number of hydrogen-bond acceptors (Lipinski definition) is 6. The van der Waals surface area contributed by atoms with Crippen LogP contribution < -0.4 is 10.3 Å². The summed E-state index contributed by atoms with van der Waals surface area (Å²) >= 11 is 12.2. The number of halogens is 13. The summed E-state index contributed by atoms with van der Waals surface area (Å²) < 4.78 is 157. The number of nitrogens with zero attached hydrogens (tertiary/aromatic N) is 4. The van der Waals surface area contributed by atoms with E-state index in [9.17, 15) is 53.1 Å². The Kier molecular flexibility index (Phi) is 7.96. The lowest BCUT2D eigenvalue weighted by molar-refractivity contribution is -0.137. The van der Waals surface area contributed by atoms with Crippen LogP contribution in [0, 0.1) is 5.92 Å². The Morgan fingerprint density at radius 3 is 1.95 bits per heavy atom. The molecule has 0 spiro atoms. The molecule has 2 heterocycles. The fourth-order valence-corrected chi connectivity index (χ4v) is 4.87. The van der Waals surface area contributed by atoms with E-state index >= 15 is 0 Å². The van der Waals surface area contributed by atoms with Crippen LogP contribution in [0.15, 0.2) is 33.5 Å². The van der Waals surface area contributed by atoms with Gasteiger partial charge in [0.25, 0.3) is 5.92 Å². The fourth-order valence-electron chi connectivity index (χ4n) is 4.22. The van der Waals surface area contributed by atoms with Gasteiger partial charge in [0.1, 0.15) is 11.4 Å². The average molecular weight is 676 g/mol. The zero-order valence-corrected chi connectivity index (χ0v) is 23.3. The van der Waals surface area contributed by atoms with Crippen LogP contribution in [0.5, 0.6) is 0 Å². The number of fused-ring (bicyclic) bond motifs is 1. The van der Waals surface area contributed by atoms with Gasteiger partial charge < -0.3 is 4.74 Å². The second-order valence-corrected chi connectivity index (χ2v) is 11.4. The van der Waals surface area contributed by atoms with Gasteiger partial charge >= 0.3 is 24.6 Å². The zero-order valence-electron chi connectivity index (χ0n) is 21.7. The molecule has 20 heteroatoms. The highest BCUT2D eigenvalue weighted by Crippen LogP contribution is 2.52. The van der Waals surface area contributed by atoms with Crippen molar-refractivity contribution in [3.63, 3.8) is 0 Å². The van der Waals surface area contributed by atoms with Gasteiger partial charge in [-0.2, -0.15) is 44.5 Å². The lowest BCUT2D eigenvalue weighted by Gasteiger charge is -2.36. The molecule has 2 unspecified atom stereocenters. The van der Waals surface area contributed by atoms with Gasteiger partial charge in [0.2, 0.25) is 5.84 Å². The summed E-state index contributed by atoms with van der Waals surface area (Å²) in [5, 5.41) is 0.963. The first-order valence-corrected chi connectivity index (χ1v) is 12.6. The molecule has 2 aliphatic heterocycles. The summed E-state index contributed by atoms with van der Waals surface area (Å²) in [6.07, 6.45) is -21.0. The number of alkyl halides is 11. The van der Waals surface area contributed by atoms with Crippen LogP contribution in [-0.4, -0.2) is 59.2 Å². The Hall–Kier alpha value is -2.86. The number of amidine groups is 1. The summed E-state index contributed by atoms with van der Waals surface area (Å²) in [7, 11) is 0. The summed E-state index contributed by atoms with van der Waals surface area (Å²) in [6, 6.07) is 0.598. The summed E-state index contributed by atoms with van der Waals surface area (Å²) in [4.78, 5) is 18.6. The van der Waals surface area contributed by atoms with Crippen molar-refractivity contribution in [2.24, 2.45) is 15.9 Å². The van der Waals surface area contributed by atoms with Crippen molar-refractivity contribution < 1.29 is 57.8 Å². The van der Waals surface area contributed by atoms with E-state index in [2.05, 4.69) is 9.98 Å². The molecule has 7 nitrogen and oxygen atoms in total. The molecule has 1 fully saturated rings. The van der Waals surface area contributed by atoms with Crippen LogP contribution in [0.4, 0.5) is 58.8 Å². The molecule has 1 aliphatic carbocycles. The number of alkyl carbamates (subject to hydrolysis) is 1. The smallest absolute Gasteiger partial charge is 0.444 e. The molecule has 238 valence electrons. The van der Waals surface area contributed by atoms with Crippen molar-refractivity contribution in [2.75, 3.05) is 11.6 Å². The number of carbonyl (C=O) groups is 1. The second kappa shape index (κ2) is 10.4. The van der Waals surface area contributed by atoms with E-state index in [1.807, 2.05) is 5.32 Å². The van der Waals surface area contributed by atoms with Gasteiger partial charge in [0.15, 0.2) is 11.9 Å². The molecule has 1 saturated carbocycles. The third kappa shape index (κ3) is 6.79. The number of aliphatic imine (C=N–C) groups is 2. The minimum Gasteiger partial charge on any atom is -0.444 e. The van der Waals surface area contributed by atoms with Crippen LogP contribution in [-0.2, 0) is 10.9 Å². The lowest BCUT2D eigenvalue weighted by Crippen LogP contribution is -2.48. The van der Waals surface area contributed by atoms with E-state index < -0.39 is 105 Å². The van der Waals surface area contributed by atoms with Gasteiger partial charge in [0.05, 0.1) is 26.9 Å². The SMILES string of the molecule is CC(C)(C)OC(=O)NC1=C2C(C(F)(F)F)=NC(C(F)(F)F)=NC2N(CC2CC2(F)F)N1c1c(Cl)cc(C(F)(F)F)cc1Cl. The molecule has 0 bridgehead atoms. The number of anilines is 1. The molecule has 2 atom stereocenters. The van der Waals surface area contributed by atoms with Crippen LogP contribution in [0.1, 0.15) is 32.8 Å². The highest BCUT2D eigenvalue weighted by atomic mass is 35.5. The van der Waals surface area contributed by atoms with Crippen LogP contribution >= 0.6 is 23.2 Å². The maximum Gasteiger partial charge on any atom is 0.451 e. The normalized spacial score (nSPS) is 22.7. The fraction of sp³-hybridized carbons (Fsp3) is 0.522. The molecule has 3 aliphatic rings. The van der Waals surface area contributed by atoms with Crippen molar-refractivity contribution in [3.05, 3.63) is 39.1 Å². The first-order valence-electron chi connectivity index (χ1n) is 11.9. The number of nitrogens with one attached hydrogen (secondary N) is 1. The highest BCUT2D eigenvalue weighted by molar-refractivity contribution is 6.39. The van der Waals surface area contributed by atoms with E-state index in [1.54, 1.807) is 0 Å². The third-order valence-electron chi connectivity index (χ3n) is 6.04. The molecule has 43 heavy (non-hydrogen) atoms. The Morgan fingerprint density at radius 2 is 1.53 bits per heavy atom. The van der Waals surface area contributed by atoms with Crippen molar-refractivity contribution in [3.8, 4) is 0 Å². The van der Waals surface area contributed by atoms with E-state index in [1.165, 1.54) is 20.8 Å². The maximum atomic E-state index is 14.3. The number of ether oxygens (including phenoxy) is 1. The number of benzene rings is 1. The third-order valence-corrected chi connectivity index (χ3v) is 6.62. The summed E-state index contributed by atoms with van der Waals surface area (Å²) in [5.41, 5.74) is -6.99. The summed E-state index contributed by atoms with van der Waals surface area (Å²) in [5.74, 6) is -8.42. The van der Waals surface area contributed by atoms with Crippen molar-refractivity contribution in [1.29, 1.82) is 0 Å². The Labute approximate surface area is 244 Å². The first kappa shape index (κ1) is 33.0. The number of hydrogen-bond donors (Lipinski definition) is 1. The van der Waals surface area contributed by atoms with Gasteiger partial charge in [-0.25, -0.2) is 23.6 Å². The Balaban J connectivity index is 2.02. The molecule has 0 radical (unpaired) electrons. The number of amides is 1. The first-order chi connectivity index (χ1) is 19.3. The molecule has 0 aromatic heterocycles. The molecular formula is C23H18Cl2F11N5O2. The van der Waals surface area contributed by atoms with Crippen LogP contribution in [0.3, 0.4) is 0 Å². The number of carbonyl (C=O) groups excluding carboxylic acids is 1. The Morgan fingerprint density at radius 1 is 1.00 bits per heavy atom. The van der Waals surface area contributed by atoms with Gasteiger partial charge in [-0.05, 0) is 32.9 Å². The summed E-state index contributed by atoms with van der Waals surface area (Å²) in [6.45, 7) is 3.06. The molecule has 1 aromatic carbocycles. The topological polar surface area (TPSA) is 69.5 Å². The van der Waals surface area contributed by atoms with Gasteiger partial charge in [-0.15, -0.1) is 0 Å². The van der Waals surface area contributed by atoms with E-state index in [0.29, 0.717) is 22.2 Å². The van der Waals surface area contributed by atoms with E-state index in [0.717, 1.165) is 0 Å². The highest BCUT2D eigenvalue weighted by Gasteiger charge is 2.61. The van der Waals surface area contributed by atoms with Crippen molar-refractivity contribution in [1.82, 2.24) is 10.3 Å². The average Bonchev–Trinajstić information content (AvgIpc) is 3.29. The molecule has 1 aromatic rings.